The molecule has 2 aromatic carbocycles. The normalized spacial score (nSPS) is 11.6. The molecule has 0 aliphatic rings. The van der Waals surface area contributed by atoms with Crippen LogP contribution in [-0.4, -0.2) is 17.9 Å². The van der Waals surface area contributed by atoms with Crippen LogP contribution in [0.25, 0.3) is 0 Å². The van der Waals surface area contributed by atoms with Crippen molar-refractivity contribution >= 4 is 17.3 Å². The zero-order chi connectivity index (χ0) is 17.6. The SMILES string of the molecule is CC(NC(=O)c1cc(N(C)c2ccccc2)ccn1)c1ccccc1. The fourth-order valence-corrected chi connectivity index (χ4v) is 2.65. The van der Waals surface area contributed by atoms with Gasteiger partial charge in [0.25, 0.3) is 5.91 Å². The van der Waals surface area contributed by atoms with Crippen molar-refractivity contribution in [1.82, 2.24) is 10.3 Å². The average molecular weight is 331 g/mol. The zero-order valence-corrected chi connectivity index (χ0v) is 14.4. The maximum absolute atomic E-state index is 12.5. The Labute approximate surface area is 148 Å². The van der Waals surface area contributed by atoms with Gasteiger partial charge in [0.15, 0.2) is 0 Å². The van der Waals surface area contributed by atoms with Crippen LogP contribution < -0.4 is 10.2 Å². The van der Waals surface area contributed by atoms with Crippen LogP contribution >= 0.6 is 0 Å². The molecule has 4 nitrogen and oxygen atoms in total. The monoisotopic (exact) mass is 331 g/mol. The molecule has 0 bridgehead atoms. The number of nitrogens with one attached hydrogen (secondary N) is 1. The molecule has 0 saturated heterocycles. The molecule has 0 radical (unpaired) electrons. The maximum Gasteiger partial charge on any atom is 0.270 e. The number of benzene rings is 2. The van der Waals surface area contributed by atoms with Crippen molar-refractivity contribution in [3.63, 3.8) is 0 Å². The highest BCUT2D eigenvalue weighted by Gasteiger charge is 2.14. The topological polar surface area (TPSA) is 45.2 Å². The largest absolute Gasteiger partial charge is 0.345 e. The first-order valence-electron chi connectivity index (χ1n) is 8.26. The highest BCUT2D eigenvalue weighted by Crippen LogP contribution is 2.23. The highest BCUT2D eigenvalue weighted by atomic mass is 16.1. The molecule has 1 unspecified atom stereocenters. The maximum atomic E-state index is 12.5. The minimum absolute atomic E-state index is 0.0778. The van der Waals surface area contributed by atoms with E-state index in [2.05, 4.69) is 10.3 Å². The van der Waals surface area contributed by atoms with Crippen LogP contribution in [0.15, 0.2) is 79.0 Å². The van der Waals surface area contributed by atoms with Gasteiger partial charge in [-0.2, -0.15) is 0 Å². The predicted octanol–water partition coefficient (Wildman–Crippen LogP) is 4.34. The van der Waals surface area contributed by atoms with Crippen LogP contribution in [0.4, 0.5) is 11.4 Å². The van der Waals surface area contributed by atoms with Gasteiger partial charge in [0.05, 0.1) is 6.04 Å². The molecule has 0 fully saturated rings. The Kier molecular flexibility index (Phi) is 5.09. The Hall–Kier alpha value is -3.14. The predicted molar refractivity (Wildman–Crippen MR) is 101 cm³/mol. The zero-order valence-electron chi connectivity index (χ0n) is 14.4. The van der Waals surface area contributed by atoms with Gasteiger partial charge < -0.3 is 10.2 Å². The summed E-state index contributed by atoms with van der Waals surface area (Å²) in [5, 5.41) is 3.00. The van der Waals surface area contributed by atoms with Crippen LogP contribution in [0.5, 0.6) is 0 Å². The summed E-state index contributed by atoms with van der Waals surface area (Å²) < 4.78 is 0. The molecule has 3 aromatic rings. The number of pyridine rings is 1. The van der Waals surface area contributed by atoms with E-state index in [9.17, 15) is 4.79 Å². The van der Waals surface area contributed by atoms with E-state index in [4.69, 9.17) is 0 Å². The molecule has 0 aliphatic carbocycles. The number of nitrogens with zero attached hydrogens (tertiary/aromatic N) is 2. The first-order valence-corrected chi connectivity index (χ1v) is 8.26. The number of carbonyl (C=O) groups is 1. The van der Waals surface area contributed by atoms with E-state index >= 15 is 0 Å². The quantitative estimate of drug-likeness (QED) is 0.756. The van der Waals surface area contributed by atoms with E-state index < -0.39 is 0 Å². The Morgan fingerprint density at radius 1 is 0.960 bits per heavy atom. The number of carbonyl (C=O) groups excluding carboxylic acids is 1. The van der Waals surface area contributed by atoms with E-state index in [0.717, 1.165) is 16.9 Å². The van der Waals surface area contributed by atoms with Crippen LogP contribution in [0.1, 0.15) is 29.0 Å². The molecule has 4 heteroatoms. The summed E-state index contributed by atoms with van der Waals surface area (Å²) in [4.78, 5) is 18.8. The van der Waals surface area contributed by atoms with Gasteiger partial charge in [0, 0.05) is 24.6 Å². The summed E-state index contributed by atoms with van der Waals surface area (Å²) in [6.45, 7) is 1.97. The van der Waals surface area contributed by atoms with Gasteiger partial charge in [-0.3, -0.25) is 9.78 Å². The smallest absolute Gasteiger partial charge is 0.270 e. The van der Waals surface area contributed by atoms with Gasteiger partial charge in [-0.15, -0.1) is 0 Å². The van der Waals surface area contributed by atoms with Crippen LogP contribution in [0.2, 0.25) is 0 Å². The lowest BCUT2D eigenvalue weighted by Gasteiger charge is -2.20. The van der Waals surface area contributed by atoms with E-state index in [1.807, 2.05) is 85.6 Å². The van der Waals surface area contributed by atoms with E-state index in [1.54, 1.807) is 12.3 Å². The molecule has 1 N–H and O–H groups in total. The number of anilines is 2. The molecule has 0 aliphatic heterocycles. The number of hydrogen-bond donors (Lipinski definition) is 1. The summed E-state index contributed by atoms with van der Waals surface area (Å²) in [5.41, 5.74) is 3.44. The van der Waals surface area contributed by atoms with Crippen molar-refractivity contribution < 1.29 is 4.79 Å². The summed E-state index contributed by atoms with van der Waals surface area (Å²) in [6, 6.07) is 23.5. The average Bonchev–Trinajstić information content (AvgIpc) is 2.68. The van der Waals surface area contributed by atoms with Gasteiger partial charge in [0.2, 0.25) is 0 Å². The van der Waals surface area contributed by atoms with Gasteiger partial charge in [-0.25, -0.2) is 0 Å². The molecule has 126 valence electrons. The van der Waals surface area contributed by atoms with Gasteiger partial charge in [-0.05, 0) is 36.8 Å². The van der Waals surface area contributed by atoms with E-state index in [0.29, 0.717) is 5.69 Å². The van der Waals surface area contributed by atoms with Gasteiger partial charge in [0.1, 0.15) is 5.69 Å². The van der Waals surface area contributed by atoms with Crippen molar-refractivity contribution in [1.29, 1.82) is 0 Å². The standard InChI is InChI=1S/C21H21N3O/c1-16(17-9-5-3-6-10-17)23-21(25)20-15-19(13-14-22-20)24(2)18-11-7-4-8-12-18/h3-16H,1-2H3,(H,23,25). The molecule has 1 amide bonds. The van der Waals surface area contributed by atoms with E-state index in [-0.39, 0.29) is 11.9 Å². The fraction of sp³-hybridized carbons (Fsp3) is 0.143. The van der Waals surface area contributed by atoms with Gasteiger partial charge >= 0.3 is 0 Å². The molecule has 25 heavy (non-hydrogen) atoms. The lowest BCUT2D eigenvalue weighted by atomic mass is 10.1. The van der Waals surface area contributed by atoms with Gasteiger partial charge in [-0.1, -0.05) is 48.5 Å². The number of amides is 1. The van der Waals surface area contributed by atoms with Crippen molar-refractivity contribution in [2.24, 2.45) is 0 Å². The molecular weight excluding hydrogens is 310 g/mol. The lowest BCUT2D eigenvalue weighted by molar-refractivity contribution is 0.0935. The third-order valence-electron chi connectivity index (χ3n) is 4.15. The highest BCUT2D eigenvalue weighted by molar-refractivity contribution is 5.93. The second-order valence-corrected chi connectivity index (χ2v) is 5.90. The molecule has 1 heterocycles. The molecule has 3 rings (SSSR count). The minimum atomic E-state index is -0.181. The Balaban J connectivity index is 1.76. The summed E-state index contributed by atoms with van der Waals surface area (Å²) in [7, 11) is 1.97. The Morgan fingerprint density at radius 3 is 2.28 bits per heavy atom. The van der Waals surface area contributed by atoms with Crippen LogP contribution in [-0.2, 0) is 0 Å². The third kappa shape index (κ3) is 4.04. The lowest BCUT2D eigenvalue weighted by Crippen LogP contribution is -2.27. The molecule has 1 aromatic heterocycles. The first kappa shape index (κ1) is 16.7. The fourth-order valence-electron chi connectivity index (χ4n) is 2.65. The molecule has 0 saturated carbocycles. The second kappa shape index (κ2) is 7.62. The second-order valence-electron chi connectivity index (χ2n) is 5.90. The Morgan fingerprint density at radius 2 is 1.60 bits per heavy atom. The minimum Gasteiger partial charge on any atom is -0.345 e. The number of rotatable bonds is 5. The van der Waals surface area contributed by atoms with Crippen LogP contribution in [0, 0.1) is 0 Å². The van der Waals surface area contributed by atoms with Crippen LogP contribution in [0.3, 0.4) is 0 Å². The summed E-state index contributed by atoms with van der Waals surface area (Å²) >= 11 is 0. The number of para-hydroxylation sites is 1. The third-order valence-corrected chi connectivity index (χ3v) is 4.15. The Bertz CT molecular complexity index is 834. The molecular formula is C21H21N3O. The number of aromatic nitrogens is 1. The van der Waals surface area contributed by atoms with Crippen molar-refractivity contribution in [3.05, 3.63) is 90.3 Å². The summed E-state index contributed by atoms with van der Waals surface area (Å²) in [6.07, 6.45) is 1.66. The number of hydrogen-bond acceptors (Lipinski definition) is 3. The van der Waals surface area contributed by atoms with E-state index in [1.165, 1.54) is 0 Å². The molecule has 0 spiro atoms. The van der Waals surface area contributed by atoms with Crippen molar-refractivity contribution in [2.75, 3.05) is 11.9 Å². The molecule has 1 atom stereocenters. The first-order chi connectivity index (χ1) is 12.1. The summed E-state index contributed by atoms with van der Waals surface area (Å²) in [5.74, 6) is -0.181. The van der Waals surface area contributed by atoms with Crippen molar-refractivity contribution in [3.8, 4) is 0 Å². The van der Waals surface area contributed by atoms with Crippen molar-refractivity contribution in [2.45, 2.75) is 13.0 Å².